The van der Waals surface area contributed by atoms with E-state index in [2.05, 4.69) is 0 Å². The monoisotopic (exact) mass is 523 g/mol. The molecule has 4 rings (SSSR count). The Hall–Kier alpha value is -3.98. The summed E-state index contributed by atoms with van der Waals surface area (Å²) in [7, 11) is 3.02. The molecule has 194 valence electrons. The van der Waals surface area contributed by atoms with Gasteiger partial charge in [0.2, 0.25) is 0 Å². The molecule has 2 heterocycles. The van der Waals surface area contributed by atoms with Crippen molar-refractivity contribution in [2.24, 2.45) is 0 Å². The first-order chi connectivity index (χ1) is 17.9. The molecule has 1 aliphatic heterocycles. The molecule has 2 aromatic carbocycles. The molecule has 0 spiro atoms. The number of carbonyl (C=O) groups excluding carboxylic acids is 2. The molecule has 1 N–H and O–H groups in total. The van der Waals surface area contributed by atoms with Gasteiger partial charge in [-0.25, -0.2) is 0 Å². The van der Waals surface area contributed by atoms with Crippen molar-refractivity contribution in [2.45, 2.75) is 26.8 Å². The maximum atomic E-state index is 13.5. The molecule has 9 heteroatoms. The molecule has 0 saturated carbocycles. The van der Waals surface area contributed by atoms with Crippen molar-refractivity contribution in [1.29, 1.82) is 0 Å². The highest BCUT2D eigenvalue weighted by molar-refractivity contribution is 7.10. The van der Waals surface area contributed by atoms with Crippen LogP contribution in [0.2, 0.25) is 0 Å². The first-order valence-corrected chi connectivity index (χ1v) is 12.7. The molecule has 1 unspecified atom stereocenters. The van der Waals surface area contributed by atoms with Gasteiger partial charge in [-0.2, -0.15) is 0 Å². The van der Waals surface area contributed by atoms with Crippen LogP contribution >= 0.6 is 11.3 Å². The van der Waals surface area contributed by atoms with Crippen molar-refractivity contribution in [3.8, 4) is 23.0 Å². The van der Waals surface area contributed by atoms with Crippen LogP contribution in [0.1, 0.15) is 35.9 Å². The van der Waals surface area contributed by atoms with Gasteiger partial charge in [-0.1, -0.05) is 0 Å². The number of aryl methyl sites for hydroxylation is 1. The number of benzene rings is 2. The van der Waals surface area contributed by atoms with E-state index in [-0.39, 0.29) is 11.3 Å². The van der Waals surface area contributed by atoms with Gasteiger partial charge < -0.3 is 24.1 Å². The van der Waals surface area contributed by atoms with E-state index in [1.165, 1.54) is 30.5 Å². The van der Waals surface area contributed by atoms with E-state index in [0.29, 0.717) is 47.5 Å². The van der Waals surface area contributed by atoms with Gasteiger partial charge >= 0.3 is 0 Å². The maximum absolute atomic E-state index is 13.5. The van der Waals surface area contributed by atoms with E-state index >= 15 is 0 Å². The summed E-state index contributed by atoms with van der Waals surface area (Å²) in [6.07, 6.45) is 0. The van der Waals surface area contributed by atoms with Crippen molar-refractivity contribution in [3.63, 3.8) is 0 Å². The topological polar surface area (TPSA) is 94.5 Å². The standard InChI is InChI=1S/C28H29NO7S/c1-6-35-18-9-10-19(21(15-18)36-7-2)25(30)23-24(27-16(3)12-13-37-27)29(28(32)26(23)31)17-8-11-20(33-4)22(14-17)34-5/h8-15,24,30H,6-7H2,1-5H3/b25-23+. The zero-order valence-electron chi connectivity index (χ0n) is 21.4. The molecule has 0 aliphatic carbocycles. The quantitative estimate of drug-likeness (QED) is 0.225. The summed E-state index contributed by atoms with van der Waals surface area (Å²) in [5.74, 6) is -0.0394. The number of ether oxygens (including phenoxy) is 4. The van der Waals surface area contributed by atoms with Gasteiger partial charge in [0.15, 0.2) is 11.5 Å². The normalized spacial score (nSPS) is 16.7. The van der Waals surface area contributed by atoms with Gasteiger partial charge in [0, 0.05) is 22.7 Å². The average Bonchev–Trinajstić information content (AvgIpc) is 3.43. The number of hydrogen-bond donors (Lipinski definition) is 1. The molecule has 37 heavy (non-hydrogen) atoms. The van der Waals surface area contributed by atoms with Gasteiger partial charge in [-0.3, -0.25) is 14.5 Å². The first kappa shape index (κ1) is 26.1. The Balaban J connectivity index is 1.94. The fourth-order valence-electron chi connectivity index (χ4n) is 4.36. The highest BCUT2D eigenvalue weighted by Crippen LogP contribution is 2.47. The van der Waals surface area contributed by atoms with Crippen molar-refractivity contribution in [3.05, 3.63) is 69.4 Å². The number of ketones is 1. The number of methoxy groups -OCH3 is 2. The van der Waals surface area contributed by atoms with Gasteiger partial charge in [-0.15, -0.1) is 11.3 Å². The Morgan fingerprint density at radius 3 is 2.30 bits per heavy atom. The molecule has 1 aliphatic rings. The average molecular weight is 524 g/mol. The SMILES string of the molecule is CCOc1ccc(/C(O)=C2\C(=O)C(=O)N(c3ccc(OC)c(OC)c3)C2c2sccc2C)c(OCC)c1. The third-order valence-electron chi connectivity index (χ3n) is 6.06. The van der Waals surface area contributed by atoms with E-state index in [1.54, 1.807) is 36.4 Å². The van der Waals surface area contributed by atoms with Crippen LogP contribution in [0, 0.1) is 6.92 Å². The van der Waals surface area contributed by atoms with Gasteiger partial charge in [0.25, 0.3) is 11.7 Å². The largest absolute Gasteiger partial charge is 0.507 e. The Bertz CT molecular complexity index is 1360. The molecular weight excluding hydrogens is 494 g/mol. The van der Waals surface area contributed by atoms with E-state index in [4.69, 9.17) is 18.9 Å². The zero-order valence-corrected chi connectivity index (χ0v) is 22.2. The van der Waals surface area contributed by atoms with Crippen LogP contribution in [0.3, 0.4) is 0 Å². The molecule has 1 saturated heterocycles. The van der Waals surface area contributed by atoms with Crippen LogP contribution in [0.25, 0.3) is 5.76 Å². The molecule has 1 aromatic heterocycles. The van der Waals surface area contributed by atoms with E-state index in [1.807, 2.05) is 32.2 Å². The molecular formula is C28H29NO7S. The number of amides is 1. The van der Waals surface area contributed by atoms with Gasteiger partial charge in [0.1, 0.15) is 23.3 Å². The zero-order chi connectivity index (χ0) is 26.7. The van der Waals surface area contributed by atoms with Crippen molar-refractivity contribution < 1.29 is 33.6 Å². The lowest BCUT2D eigenvalue weighted by atomic mass is 9.97. The fourth-order valence-corrected chi connectivity index (χ4v) is 5.39. The van der Waals surface area contributed by atoms with E-state index < -0.39 is 17.7 Å². The van der Waals surface area contributed by atoms with Crippen LogP contribution in [-0.2, 0) is 9.59 Å². The van der Waals surface area contributed by atoms with Crippen LogP contribution in [0.5, 0.6) is 23.0 Å². The molecule has 1 atom stereocenters. The molecule has 8 nitrogen and oxygen atoms in total. The number of nitrogens with zero attached hydrogens (tertiary/aromatic N) is 1. The number of aliphatic hydroxyl groups excluding tert-OH is 1. The summed E-state index contributed by atoms with van der Waals surface area (Å²) in [4.78, 5) is 29.2. The summed E-state index contributed by atoms with van der Waals surface area (Å²) >= 11 is 1.41. The summed E-state index contributed by atoms with van der Waals surface area (Å²) < 4.78 is 22.1. The Labute approximate surface area is 219 Å². The lowest BCUT2D eigenvalue weighted by Gasteiger charge is -2.26. The number of Topliss-reactive ketones (excluding diaryl/α,β-unsaturated/α-hetero) is 1. The fraction of sp³-hybridized carbons (Fsp3) is 0.286. The second-order valence-corrected chi connectivity index (χ2v) is 9.15. The van der Waals surface area contributed by atoms with Crippen LogP contribution in [-0.4, -0.2) is 44.2 Å². The van der Waals surface area contributed by atoms with E-state index in [9.17, 15) is 14.7 Å². The second kappa shape index (κ2) is 11.0. The minimum atomic E-state index is -0.848. The molecule has 0 radical (unpaired) electrons. The van der Waals surface area contributed by atoms with E-state index in [0.717, 1.165) is 10.4 Å². The number of rotatable bonds is 9. The third kappa shape index (κ3) is 4.74. The van der Waals surface area contributed by atoms with Crippen LogP contribution in [0.15, 0.2) is 53.4 Å². The lowest BCUT2D eigenvalue weighted by Crippen LogP contribution is -2.29. The number of thiophene rings is 1. The maximum Gasteiger partial charge on any atom is 0.300 e. The molecule has 1 fully saturated rings. The summed E-state index contributed by atoms with van der Waals surface area (Å²) in [5, 5.41) is 13.5. The smallest absolute Gasteiger partial charge is 0.300 e. The van der Waals surface area contributed by atoms with Gasteiger partial charge in [-0.05, 0) is 62.0 Å². The summed E-state index contributed by atoms with van der Waals surface area (Å²) in [5.41, 5.74) is 1.61. The number of anilines is 1. The summed E-state index contributed by atoms with van der Waals surface area (Å²) in [6.45, 7) is 6.40. The van der Waals surface area contributed by atoms with Crippen molar-refractivity contribution in [2.75, 3.05) is 32.3 Å². The lowest BCUT2D eigenvalue weighted by molar-refractivity contribution is -0.132. The molecule has 0 bridgehead atoms. The Morgan fingerprint density at radius 1 is 0.946 bits per heavy atom. The number of carbonyl (C=O) groups is 2. The Kier molecular flexibility index (Phi) is 7.73. The third-order valence-corrected chi connectivity index (χ3v) is 7.13. The Morgan fingerprint density at radius 2 is 1.68 bits per heavy atom. The highest BCUT2D eigenvalue weighted by atomic mass is 32.1. The van der Waals surface area contributed by atoms with Crippen LogP contribution in [0.4, 0.5) is 5.69 Å². The minimum absolute atomic E-state index is 0.0181. The highest BCUT2D eigenvalue weighted by Gasteiger charge is 2.48. The molecule has 3 aromatic rings. The van der Waals surface area contributed by atoms with Gasteiger partial charge in [0.05, 0.1) is 38.6 Å². The number of aliphatic hydroxyl groups is 1. The van der Waals surface area contributed by atoms with Crippen molar-refractivity contribution >= 4 is 34.5 Å². The first-order valence-electron chi connectivity index (χ1n) is 11.8. The van der Waals surface area contributed by atoms with Crippen molar-refractivity contribution in [1.82, 2.24) is 0 Å². The summed E-state index contributed by atoms with van der Waals surface area (Å²) in [6, 6.07) is 11.1. The predicted octanol–water partition coefficient (Wildman–Crippen LogP) is 5.50. The van der Waals surface area contributed by atoms with Crippen LogP contribution < -0.4 is 23.8 Å². The predicted molar refractivity (Wildman–Crippen MR) is 142 cm³/mol. The second-order valence-electron chi connectivity index (χ2n) is 8.20. The number of hydrogen-bond acceptors (Lipinski definition) is 8. The minimum Gasteiger partial charge on any atom is -0.507 e. The molecule has 1 amide bonds.